The Bertz CT molecular complexity index is 1070. The Morgan fingerprint density at radius 3 is 2.44 bits per heavy atom. The first-order valence-electron chi connectivity index (χ1n) is 8.02. The van der Waals surface area contributed by atoms with Crippen LogP contribution in [0, 0.1) is 6.92 Å². The third-order valence-corrected chi connectivity index (χ3v) is 4.29. The number of aromatic amines is 1. The number of hydrogen-bond donors (Lipinski definition) is 2. The number of aryl methyl sites for hydroxylation is 1. The van der Waals surface area contributed by atoms with Gasteiger partial charge < -0.3 is 10.1 Å². The van der Waals surface area contributed by atoms with Gasteiger partial charge in [0.1, 0.15) is 5.82 Å². The Morgan fingerprint density at radius 2 is 1.68 bits per heavy atom. The summed E-state index contributed by atoms with van der Waals surface area (Å²) >= 11 is 0. The zero-order valence-corrected chi connectivity index (χ0v) is 13.7. The van der Waals surface area contributed by atoms with Gasteiger partial charge in [-0.25, -0.2) is 9.78 Å². The molecule has 4 heteroatoms. The average molecular weight is 328 g/mol. The van der Waals surface area contributed by atoms with Gasteiger partial charge in [-0.1, -0.05) is 72.3 Å². The summed E-state index contributed by atoms with van der Waals surface area (Å²) in [6, 6.07) is 21.6. The summed E-state index contributed by atoms with van der Waals surface area (Å²) in [7, 11) is 0. The molecule has 0 unspecified atom stereocenters. The number of fused-ring (bicyclic) bond motifs is 1. The lowest BCUT2D eigenvalue weighted by Crippen LogP contribution is -1.99. The van der Waals surface area contributed by atoms with E-state index >= 15 is 0 Å². The van der Waals surface area contributed by atoms with Crippen LogP contribution in [0.5, 0.6) is 0 Å². The van der Waals surface area contributed by atoms with E-state index in [4.69, 9.17) is 0 Å². The second-order valence-corrected chi connectivity index (χ2v) is 6.01. The van der Waals surface area contributed by atoms with Gasteiger partial charge in [0.25, 0.3) is 0 Å². The first kappa shape index (κ1) is 15.1. The molecule has 122 valence electrons. The highest BCUT2D eigenvalue weighted by Gasteiger charge is 2.19. The van der Waals surface area contributed by atoms with Crippen molar-refractivity contribution in [2.24, 2.45) is 0 Å². The number of nitrogens with zero attached hydrogens (tertiary/aromatic N) is 1. The minimum absolute atomic E-state index is 0.0341. The summed E-state index contributed by atoms with van der Waals surface area (Å²) in [5.41, 5.74) is 3.37. The predicted octanol–water partition coefficient (Wildman–Crippen LogP) is 4.90. The van der Waals surface area contributed by atoms with Crippen LogP contribution in [-0.4, -0.2) is 21.0 Å². The van der Waals surface area contributed by atoms with Crippen molar-refractivity contribution >= 4 is 16.7 Å². The summed E-state index contributed by atoms with van der Waals surface area (Å²) in [5.74, 6) is -0.483. The largest absolute Gasteiger partial charge is 0.476 e. The van der Waals surface area contributed by atoms with Crippen LogP contribution in [-0.2, 0) is 0 Å². The van der Waals surface area contributed by atoms with Crippen molar-refractivity contribution in [2.45, 2.75) is 6.92 Å². The fourth-order valence-electron chi connectivity index (χ4n) is 3.02. The van der Waals surface area contributed by atoms with Crippen LogP contribution in [0.2, 0.25) is 0 Å². The molecular formula is C21H16N2O2. The molecule has 2 N–H and O–H groups in total. The van der Waals surface area contributed by atoms with Crippen molar-refractivity contribution in [3.63, 3.8) is 0 Å². The molecule has 0 aliphatic heterocycles. The quantitative estimate of drug-likeness (QED) is 0.562. The van der Waals surface area contributed by atoms with Gasteiger partial charge in [-0.3, -0.25) is 0 Å². The lowest BCUT2D eigenvalue weighted by molar-refractivity contribution is 0.0692. The lowest BCUT2D eigenvalue weighted by atomic mass is 10.0. The standard InChI is InChI=1S/C21H16N2O2/c1-13-9-11-15(12-10-13)18-19(21(24)25)23-20(22-18)17-8-4-6-14-5-2-3-7-16(14)17/h2-12H,1H3,(H,22,23)(H,24,25). The van der Waals surface area contributed by atoms with Crippen LogP contribution in [0.15, 0.2) is 66.7 Å². The number of aromatic nitrogens is 2. The maximum Gasteiger partial charge on any atom is 0.356 e. The Morgan fingerprint density at radius 1 is 0.960 bits per heavy atom. The molecule has 1 aromatic heterocycles. The van der Waals surface area contributed by atoms with Crippen LogP contribution in [0.3, 0.4) is 0 Å². The first-order chi connectivity index (χ1) is 12.1. The van der Waals surface area contributed by atoms with Crippen molar-refractivity contribution in [3.05, 3.63) is 78.0 Å². The Hall–Kier alpha value is -3.40. The third kappa shape index (κ3) is 2.68. The average Bonchev–Trinajstić information content (AvgIpc) is 3.07. The molecule has 0 saturated carbocycles. The van der Waals surface area contributed by atoms with Gasteiger partial charge in [0.2, 0.25) is 0 Å². The molecule has 0 atom stereocenters. The van der Waals surface area contributed by atoms with Crippen molar-refractivity contribution in [3.8, 4) is 22.6 Å². The van der Waals surface area contributed by atoms with Crippen LogP contribution in [0.4, 0.5) is 0 Å². The van der Waals surface area contributed by atoms with E-state index in [9.17, 15) is 9.90 Å². The van der Waals surface area contributed by atoms with E-state index in [1.807, 2.05) is 73.7 Å². The molecule has 0 fully saturated rings. The van der Waals surface area contributed by atoms with Crippen molar-refractivity contribution in [1.29, 1.82) is 0 Å². The van der Waals surface area contributed by atoms with E-state index in [0.29, 0.717) is 11.5 Å². The molecule has 0 aliphatic carbocycles. The number of carboxylic acid groups (broad SMARTS) is 1. The van der Waals surface area contributed by atoms with Crippen LogP contribution < -0.4 is 0 Å². The number of benzene rings is 3. The second-order valence-electron chi connectivity index (χ2n) is 6.01. The van der Waals surface area contributed by atoms with Gasteiger partial charge in [0, 0.05) is 11.1 Å². The molecule has 0 saturated heterocycles. The number of imidazole rings is 1. The Kier molecular flexibility index (Phi) is 3.58. The van der Waals surface area contributed by atoms with Crippen molar-refractivity contribution in [2.75, 3.05) is 0 Å². The highest BCUT2D eigenvalue weighted by molar-refractivity contribution is 5.98. The second kappa shape index (κ2) is 5.91. The van der Waals surface area contributed by atoms with E-state index in [1.165, 1.54) is 0 Å². The molecule has 0 radical (unpaired) electrons. The van der Waals surface area contributed by atoms with E-state index < -0.39 is 5.97 Å². The molecule has 0 spiro atoms. The topological polar surface area (TPSA) is 66.0 Å². The molecule has 1 heterocycles. The number of aromatic carboxylic acids is 1. The van der Waals surface area contributed by atoms with Crippen LogP contribution in [0.1, 0.15) is 16.1 Å². The van der Waals surface area contributed by atoms with Gasteiger partial charge in [0.15, 0.2) is 5.69 Å². The SMILES string of the molecule is Cc1ccc(-c2[nH]c(-c3cccc4ccccc34)nc2C(=O)O)cc1. The van der Waals surface area contributed by atoms with Gasteiger partial charge in [-0.05, 0) is 17.7 Å². The van der Waals surface area contributed by atoms with E-state index in [-0.39, 0.29) is 5.69 Å². The monoisotopic (exact) mass is 328 g/mol. The number of nitrogens with one attached hydrogen (secondary N) is 1. The summed E-state index contributed by atoms with van der Waals surface area (Å²) in [6.07, 6.45) is 0. The minimum atomic E-state index is -1.04. The lowest BCUT2D eigenvalue weighted by Gasteiger charge is -2.03. The highest BCUT2D eigenvalue weighted by Crippen LogP contribution is 2.30. The summed E-state index contributed by atoms with van der Waals surface area (Å²) in [6.45, 7) is 2.00. The molecule has 4 aromatic rings. The number of carboxylic acids is 1. The van der Waals surface area contributed by atoms with Gasteiger partial charge in [-0.2, -0.15) is 0 Å². The minimum Gasteiger partial charge on any atom is -0.476 e. The molecular weight excluding hydrogens is 312 g/mol. The number of hydrogen-bond acceptors (Lipinski definition) is 2. The molecule has 0 aliphatic rings. The van der Waals surface area contributed by atoms with Crippen molar-refractivity contribution < 1.29 is 9.90 Å². The predicted molar refractivity (Wildman–Crippen MR) is 98.7 cm³/mol. The maximum absolute atomic E-state index is 11.7. The van der Waals surface area contributed by atoms with Gasteiger partial charge in [0.05, 0.1) is 5.69 Å². The Balaban J connectivity index is 1.93. The van der Waals surface area contributed by atoms with Gasteiger partial charge in [-0.15, -0.1) is 0 Å². The number of H-pyrrole nitrogens is 1. The number of carbonyl (C=O) groups is 1. The van der Waals surface area contributed by atoms with Crippen LogP contribution >= 0.6 is 0 Å². The summed E-state index contributed by atoms with van der Waals surface area (Å²) in [4.78, 5) is 19.3. The summed E-state index contributed by atoms with van der Waals surface area (Å²) < 4.78 is 0. The third-order valence-electron chi connectivity index (χ3n) is 4.29. The smallest absolute Gasteiger partial charge is 0.356 e. The molecule has 3 aromatic carbocycles. The Labute approximate surface area is 144 Å². The molecule has 4 rings (SSSR count). The van der Waals surface area contributed by atoms with Crippen molar-refractivity contribution in [1.82, 2.24) is 9.97 Å². The fourth-order valence-corrected chi connectivity index (χ4v) is 3.02. The molecule has 25 heavy (non-hydrogen) atoms. The molecule has 0 bridgehead atoms. The number of rotatable bonds is 3. The zero-order chi connectivity index (χ0) is 17.4. The van der Waals surface area contributed by atoms with E-state index in [1.54, 1.807) is 0 Å². The molecule has 0 amide bonds. The normalized spacial score (nSPS) is 10.9. The van der Waals surface area contributed by atoms with E-state index in [0.717, 1.165) is 27.5 Å². The fraction of sp³-hybridized carbons (Fsp3) is 0.0476. The first-order valence-corrected chi connectivity index (χ1v) is 8.02. The van der Waals surface area contributed by atoms with E-state index in [2.05, 4.69) is 9.97 Å². The molecule has 4 nitrogen and oxygen atoms in total. The highest BCUT2D eigenvalue weighted by atomic mass is 16.4. The van der Waals surface area contributed by atoms with Crippen LogP contribution in [0.25, 0.3) is 33.4 Å². The maximum atomic E-state index is 11.7. The van der Waals surface area contributed by atoms with Gasteiger partial charge >= 0.3 is 5.97 Å². The zero-order valence-electron chi connectivity index (χ0n) is 13.7. The summed E-state index contributed by atoms with van der Waals surface area (Å²) in [5, 5.41) is 11.7.